The molecule has 33 heavy (non-hydrogen) atoms. The average Bonchev–Trinajstić information content (AvgIpc) is 2.72. The maximum absolute atomic E-state index is 15.2. The summed E-state index contributed by atoms with van der Waals surface area (Å²) in [5.74, 6) is -2.07. The van der Waals surface area contributed by atoms with E-state index < -0.39 is 23.7 Å². The zero-order valence-corrected chi connectivity index (χ0v) is 19.7. The number of carbonyl (C=O) groups excluding carboxylic acids is 3. The zero-order valence-electron chi connectivity index (χ0n) is 18.9. The Balaban J connectivity index is 1.77. The number of amides is 4. The van der Waals surface area contributed by atoms with E-state index in [1.54, 1.807) is 6.07 Å². The normalized spacial score (nSPS) is 21.3. The van der Waals surface area contributed by atoms with Gasteiger partial charge in [0.15, 0.2) is 0 Å². The summed E-state index contributed by atoms with van der Waals surface area (Å²) in [5.41, 5.74) is 1.71. The molecule has 2 aromatic rings. The number of anilines is 2. The van der Waals surface area contributed by atoms with Crippen molar-refractivity contribution in [1.29, 1.82) is 0 Å². The molecule has 0 aliphatic carbocycles. The van der Waals surface area contributed by atoms with Gasteiger partial charge in [0, 0.05) is 28.4 Å². The molecule has 2 aromatic carbocycles. The van der Waals surface area contributed by atoms with Gasteiger partial charge in [0.2, 0.25) is 0 Å². The third kappa shape index (κ3) is 4.02. The Hall–Kier alpha value is -3.19. The summed E-state index contributed by atoms with van der Waals surface area (Å²) in [4.78, 5) is 41.0. The van der Waals surface area contributed by atoms with E-state index in [9.17, 15) is 14.4 Å². The Morgan fingerprint density at radius 2 is 1.85 bits per heavy atom. The predicted molar refractivity (Wildman–Crippen MR) is 127 cm³/mol. The zero-order chi connectivity index (χ0) is 24.1. The highest BCUT2D eigenvalue weighted by molar-refractivity contribution is 6.39. The number of hydrogen-bond donors (Lipinski definition) is 1. The standard InChI is InChI=1S/C25H25ClFN3O3/c1-5-29-21-12-20(27)15(10-18(21)14(2)13-25(29,3)4)11-19-22(31)28-24(33)30(23(19)32)17-8-6-16(26)7-9-17/h6-12,14H,5,13H2,1-4H3,(H,28,31,33)/b19-11-. The van der Waals surface area contributed by atoms with Crippen LogP contribution >= 0.6 is 11.6 Å². The first kappa shape index (κ1) is 23.0. The summed E-state index contributed by atoms with van der Waals surface area (Å²) >= 11 is 5.89. The summed E-state index contributed by atoms with van der Waals surface area (Å²) in [5, 5.41) is 2.59. The van der Waals surface area contributed by atoms with Crippen LogP contribution in [0.1, 0.15) is 51.2 Å². The van der Waals surface area contributed by atoms with Crippen molar-refractivity contribution in [3.8, 4) is 0 Å². The van der Waals surface area contributed by atoms with Crippen molar-refractivity contribution in [3.05, 3.63) is 63.9 Å². The average molecular weight is 470 g/mol. The monoisotopic (exact) mass is 469 g/mol. The molecule has 1 fully saturated rings. The van der Waals surface area contributed by atoms with Crippen molar-refractivity contribution in [3.63, 3.8) is 0 Å². The van der Waals surface area contributed by atoms with E-state index >= 15 is 4.39 Å². The SMILES string of the molecule is CCN1c2cc(F)c(/C=C3/C(=O)NC(=O)N(c4ccc(Cl)cc4)C3=O)cc2C(C)CC1(C)C. The molecule has 0 saturated carbocycles. The van der Waals surface area contributed by atoms with Crippen LogP contribution in [0.3, 0.4) is 0 Å². The van der Waals surface area contributed by atoms with Crippen LogP contribution in [0.25, 0.3) is 6.08 Å². The van der Waals surface area contributed by atoms with E-state index in [0.29, 0.717) is 5.02 Å². The molecule has 4 amide bonds. The lowest BCUT2D eigenvalue weighted by Gasteiger charge is -2.47. The van der Waals surface area contributed by atoms with E-state index in [-0.39, 0.29) is 28.3 Å². The van der Waals surface area contributed by atoms with E-state index in [2.05, 4.69) is 31.0 Å². The predicted octanol–water partition coefficient (Wildman–Crippen LogP) is 5.26. The number of halogens is 2. The molecular formula is C25H25ClFN3O3. The number of nitrogens with zero attached hydrogens (tertiary/aromatic N) is 2. The quantitative estimate of drug-likeness (QED) is 0.492. The first-order valence-corrected chi connectivity index (χ1v) is 11.2. The fraction of sp³-hybridized carbons (Fsp3) is 0.320. The number of hydrogen-bond acceptors (Lipinski definition) is 4. The first-order chi connectivity index (χ1) is 15.5. The van der Waals surface area contributed by atoms with E-state index in [4.69, 9.17) is 11.6 Å². The van der Waals surface area contributed by atoms with Gasteiger partial charge in [0.1, 0.15) is 11.4 Å². The van der Waals surface area contributed by atoms with Gasteiger partial charge in [-0.3, -0.25) is 14.9 Å². The fourth-order valence-corrected chi connectivity index (χ4v) is 4.99. The van der Waals surface area contributed by atoms with Crippen molar-refractivity contribution in [1.82, 2.24) is 5.32 Å². The summed E-state index contributed by atoms with van der Waals surface area (Å²) in [6.07, 6.45) is 2.10. The van der Waals surface area contributed by atoms with Crippen LogP contribution in [0.5, 0.6) is 0 Å². The maximum Gasteiger partial charge on any atom is 0.335 e. The highest BCUT2D eigenvalue weighted by Gasteiger charge is 2.38. The van der Waals surface area contributed by atoms with Crippen LogP contribution in [-0.2, 0) is 9.59 Å². The molecule has 172 valence electrons. The molecule has 0 spiro atoms. The number of imide groups is 2. The van der Waals surface area contributed by atoms with Gasteiger partial charge in [0.05, 0.1) is 5.69 Å². The van der Waals surface area contributed by atoms with Gasteiger partial charge in [-0.15, -0.1) is 0 Å². The molecule has 2 aliphatic rings. The summed E-state index contributed by atoms with van der Waals surface area (Å²) in [7, 11) is 0. The summed E-state index contributed by atoms with van der Waals surface area (Å²) in [6, 6.07) is 8.35. The number of fused-ring (bicyclic) bond motifs is 1. The Morgan fingerprint density at radius 3 is 2.48 bits per heavy atom. The van der Waals surface area contributed by atoms with Gasteiger partial charge in [-0.05, 0) is 81.1 Å². The lowest BCUT2D eigenvalue weighted by atomic mass is 9.79. The van der Waals surface area contributed by atoms with Crippen LogP contribution in [-0.4, -0.2) is 29.9 Å². The third-order valence-corrected chi connectivity index (χ3v) is 6.56. The van der Waals surface area contributed by atoms with Crippen LogP contribution in [0.15, 0.2) is 42.0 Å². The second-order valence-corrected chi connectivity index (χ2v) is 9.47. The highest BCUT2D eigenvalue weighted by Crippen LogP contribution is 2.44. The van der Waals surface area contributed by atoms with Crippen molar-refractivity contribution < 1.29 is 18.8 Å². The van der Waals surface area contributed by atoms with Gasteiger partial charge in [0.25, 0.3) is 11.8 Å². The number of barbiturate groups is 1. The Morgan fingerprint density at radius 1 is 1.18 bits per heavy atom. The number of carbonyl (C=O) groups is 3. The van der Waals surface area contributed by atoms with E-state index in [1.807, 2.05) is 6.92 Å². The minimum atomic E-state index is -0.871. The second kappa shape index (κ2) is 8.30. The van der Waals surface area contributed by atoms with Crippen LogP contribution in [0.4, 0.5) is 20.6 Å². The largest absolute Gasteiger partial charge is 0.366 e. The Labute approximate surface area is 197 Å². The molecule has 2 heterocycles. The summed E-state index contributed by atoms with van der Waals surface area (Å²) in [6.45, 7) is 9.12. The van der Waals surface area contributed by atoms with Gasteiger partial charge in [-0.2, -0.15) is 0 Å². The topological polar surface area (TPSA) is 69.7 Å². The second-order valence-electron chi connectivity index (χ2n) is 9.03. The number of benzene rings is 2. The van der Waals surface area contributed by atoms with Crippen molar-refractivity contribution in [2.24, 2.45) is 0 Å². The number of urea groups is 1. The third-order valence-electron chi connectivity index (χ3n) is 6.31. The summed E-state index contributed by atoms with van der Waals surface area (Å²) < 4.78 is 15.2. The molecule has 2 aliphatic heterocycles. The first-order valence-electron chi connectivity index (χ1n) is 10.8. The molecule has 0 bridgehead atoms. The molecule has 0 aromatic heterocycles. The molecule has 1 N–H and O–H groups in total. The molecule has 1 unspecified atom stereocenters. The van der Waals surface area contributed by atoms with Crippen molar-refractivity contribution in [2.45, 2.75) is 45.6 Å². The minimum Gasteiger partial charge on any atom is -0.366 e. The van der Waals surface area contributed by atoms with Crippen LogP contribution in [0, 0.1) is 5.82 Å². The smallest absolute Gasteiger partial charge is 0.335 e. The fourth-order valence-electron chi connectivity index (χ4n) is 4.87. The molecule has 1 saturated heterocycles. The number of rotatable bonds is 3. The van der Waals surface area contributed by atoms with Crippen molar-refractivity contribution in [2.75, 3.05) is 16.3 Å². The van der Waals surface area contributed by atoms with Gasteiger partial charge in [-0.1, -0.05) is 18.5 Å². The van der Waals surface area contributed by atoms with Crippen LogP contribution in [0.2, 0.25) is 5.02 Å². The number of nitrogens with one attached hydrogen (secondary N) is 1. The Kier molecular flexibility index (Phi) is 5.78. The highest BCUT2D eigenvalue weighted by atomic mass is 35.5. The van der Waals surface area contributed by atoms with Crippen molar-refractivity contribution >= 4 is 46.9 Å². The molecule has 1 atom stereocenters. The molecule has 8 heteroatoms. The van der Waals surface area contributed by atoms with Gasteiger partial charge < -0.3 is 4.90 Å². The Bertz CT molecular complexity index is 1190. The van der Waals surface area contributed by atoms with Gasteiger partial charge >= 0.3 is 6.03 Å². The molecule has 6 nitrogen and oxygen atoms in total. The lowest BCUT2D eigenvalue weighted by molar-refractivity contribution is -0.122. The minimum absolute atomic E-state index is 0.119. The molecule has 4 rings (SSSR count). The van der Waals surface area contributed by atoms with E-state index in [0.717, 1.165) is 29.1 Å². The maximum atomic E-state index is 15.2. The van der Waals surface area contributed by atoms with E-state index in [1.165, 1.54) is 36.4 Å². The molecule has 0 radical (unpaired) electrons. The molecular weight excluding hydrogens is 445 g/mol. The lowest BCUT2D eigenvalue weighted by Crippen LogP contribution is -2.54. The van der Waals surface area contributed by atoms with Gasteiger partial charge in [-0.25, -0.2) is 14.1 Å². The van der Waals surface area contributed by atoms with Crippen LogP contribution < -0.4 is 15.1 Å².